The zero-order valence-corrected chi connectivity index (χ0v) is 14.9. The molecule has 0 saturated carbocycles. The van der Waals surface area contributed by atoms with Crippen molar-refractivity contribution in [1.29, 1.82) is 0 Å². The van der Waals surface area contributed by atoms with Crippen molar-refractivity contribution in [2.45, 2.75) is 51.4 Å². The highest BCUT2D eigenvalue weighted by molar-refractivity contribution is 5.28. The van der Waals surface area contributed by atoms with Gasteiger partial charge in [-0.15, -0.1) is 0 Å². The number of nitrogens with zero attached hydrogens (tertiary/aromatic N) is 2. The van der Waals surface area contributed by atoms with Gasteiger partial charge in [0.05, 0.1) is 12.2 Å². The third-order valence-electron chi connectivity index (χ3n) is 5.68. The van der Waals surface area contributed by atoms with Crippen LogP contribution in [0.4, 0.5) is 0 Å². The summed E-state index contributed by atoms with van der Waals surface area (Å²) in [5, 5.41) is 19.6. The lowest BCUT2D eigenvalue weighted by molar-refractivity contribution is 0.0644. The fourth-order valence-corrected chi connectivity index (χ4v) is 4.12. The lowest BCUT2D eigenvalue weighted by atomic mass is 9.94. The summed E-state index contributed by atoms with van der Waals surface area (Å²) in [5.74, 6) is 0.795. The van der Waals surface area contributed by atoms with E-state index in [9.17, 15) is 10.2 Å². The second kappa shape index (κ2) is 8.43. The Morgan fingerprint density at radius 3 is 2.29 bits per heavy atom. The summed E-state index contributed by atoms with van der Waals surface area (Å²) in [7, 11) is 0. The summed E-state index contributed by atoms with van der Waals surface area (Å²) in [6.07, 6.45) is 3.93. The van der Waals surface area contributed by atoms with Gasteiger partial charge >= 0.3 is 0 Å². The van der Waals surface area contributed by atoms with Crippen LogP contribution in [0.5, 0.6) is 0 Å². The second-order valence-electron chi connectivity index (χ2n) is 7.63. The molecular weight excluding hydrogens is 300 g/mol. The Labute approximate surface area is 146 Å². The largest absolute Gasteiger partial charge is 0.393 e. The van der Waals surface area contributed by atoms with E-state index >= 15 is 0 Å². The van der Waals surface area contributed by atoms with Crippen molar-refractivity contribution in [2.24, 2.45) is 5.92 Å². The molecule has 0 aliphatic carbocycles. The SMILES string of the molecule is CC(O)c1ccccc1CN1CCC(CN2CCC(O)CC2)CC1. The standard InChI is InChI=1S/C20H32N2O2/c1-16(23)20-5-3-2-4-18(20)15-22-10-6-17(7-11-22)14-21-12-8-19(24)9-13-21/h2-5,16-17,19,23-24H,6-15H2,1H3. The van der Waals surface area contributed by atoms with Crippen LogP contribution in [0.25, 0.3) is 0 Å². The Hall–Kier alpha value is -0.940. The first-order valence-electron chi connectivity index (χ1n) is 9.50. The lowest BCUT2D eigenvalue weighted by Gasteiger charge is -2.37. The molecule has 2 N–H and O–H groups in total. The highest BCUT2D eigenvalue weighted by Gasteiger charge is 2.24. The van der Waals surface area contributed by atoms with Gasteiger partial charge in [0.15, 0.2) is 0 Å². The number of benzene rings is 1. The van der Waals surface area contributed by atoms with Gasteiger partial charge in [0.25, 0.3) is 0 Å². The van der Waals surface area contributed by atoms with Gasteiger partial charge in [-0.25, -0.2) is 0 Å². The predicted molar refractivity (Wildman–Crippen MR) is 96.8 cm³/mol. The molecule has 2 aliphatic heterocycles. The maximum atomic E-state index is 9.94. The third-order valence-corrected chi connectivity index (χ3v) is 5.68. The minimum atomic E-state index is -0.395. The first-order chi connectivity index (χ1) is 11.6. The minimum Gasteiger partial charge on any atom is -0.393 e. The molecule has 2 saturated heterocycles. The molecule has 24 heavy (non-hydrogen) atoms. The Morgan fingerprint density at radius 2 is 1.62 bits per heavy atom. The average molecular weight is 332 g/mol. The summed E-state index contributed by atoms with van der Waals surface area (Å²) in [5.41, 5.74) is 2.32. The van der Waals surface area contributed by atoms with E-state index in [0.29, 0.717) is 0 Å². The first-order valence-corrected chi connectivity index (χ1v) is 9.50. The number of aliphatic hydroxyl groups is 2. The highest BCUT2D eigenvalue weighted by Crippen LogP contribution is 2.24. The van der Waals surface area contributed by atoms with Crippen LogP contribution in [-0.4, -0.2) is 58.8 Å². The number of likely N-dealkylation sites (tertiary alicyclic amines) is 2. The summed E-state index contributed by atoms with van der Waals surface area (Å²) in [6, 6.07) is 8.26. The van der Waals surface area contributed by atoms with Gasteiger partial charge in [-0.05, 0) is 62.7 Å². The summed E-state index contributed by atoms with van der Waals surface area (Å²) in [6.45, 7) is 8.41. The average Bonchev–Trinajstić information content (AvgIpc) is 2.59. The Bertz CT molecular complexity index is 504. The molecule has 1 unspecified atom stereocenters. The van der Waals surface area contributed by atoms with Crippen molar-refractivity contribution in [3.8, 4) is 0 Å². The monoisotopic (exact) mass is 332 g/mol. The van der Waals surface area contributed by atoms with Crippen molar-refractivity contribution in [3.05, 3.63) is 35.4 Å². The topological polar surface area (TPSA) is 46.9 Å². The smallest absolute Gasteiger partial charge is 0.0765 e. The Kier molecular flexibility index (Phi) is 6.28. The zero-order chi connectivity index (χ0) is 16.9. The molecule has 4 heteroatoms. The summed E-state index contributed by atoms with van der Waals surface area (Å²) < 4.78 is 0. The maximum Gasteiger partial charge on any atom is 0.0765 e. The molecule has 0 spiro atoms. The summed E-state index contributed by atoms with van der Waals surface area (Å²) >= 11 is 0. The molecule has 0 bridgehead atoms. The number of hydrogen-bond donors (Lipinski definition) is 2. The van der Waals surface area contributed by atoms with E-state index in [4.69, 9.17) is 0 Å². The van der Waals surface area contributed by atoms with Crippen LogP contribution < -0.4 is 0 Å². The van der Waals surface area contributed by atoms with Crippen LogP contribution in [0.1, 0.15) is 49.8 Å². The zero-order valence-electron chi connectivity index (χ0n) is 14.9. The molecule has 3 rings (SSSR count). The molecule has 2 aliphatic rings. The fraction of sp³-hybridized carbons (Fsp3) is 0.700. The van der Waals surface area contributed by atoms with Crippen molar-refractivity contribution in [3.63, 3.8) is 0 Å². The number of aliphatic hydroxyl groups excluding tert-OH is 2. The van der Waals surface area contributed by atoms with Crippen LogP contribution in [0.2, 0.25) is 0 Å². The first kappa shape index (κ1) is 17.9. The van der Waals surface area contributed by atoms with Crippen molar-refractivity contribution < 1.29 is 10.2 Å². The molecule has 1 aromatic carbocycles. The Morgan fingerprint density at radius 1 is 1.00 bits per heavy atom. The maximum absolute atomic E-state index is 9.94. The predicted octanol–water partition coefficient (Wildman–Crippen LogP) is 2.41. The molecule has 134 valence electrons. The molecule has 4 nitrogen and oxygen atoms in total. The van der Waals surface area contributed by atoms with Crippen molar-refractivity contribution >= 4 is 0 Å². The van der Waals surface area contributed by atoms with E-state index in [2.05, 4.69) is 21.9 Å². The normalized spacial score (nSPS) is 23.5. The van der Waals surface area contributed by atoms with Gasteiger partial charge in [0, 0.05) is 26.2 Å². The van der Waals surface area contributed by atoms with Gasteiger partial charge in [-0.3, -0.25) is 4.90 Å². The van der Waals surface area contributed by atoms with Crippen LogP contribution in [-0.2, 0) is 6.54 Å². The van der Waals surface area contributed by atoms with E-state index in [0.717, 1.165) is 57.0 Å². The Balaban J connectivity index is 1.46. The van der Waals surface area contributed by atoms with Crippen LogP contribution >= 0.6 is 0 Å². The van der Waals surface area contributed by atoms with Crippen LogP contribution in [0.15, 0.2) is 24.3 Å². The lowest BCUT2D eigenvalue weighted by Crippen LogP contribution is -2.42. The molecule has 1 aromatic rings. The van der Waals surface area contributed by atoms with Crippen LogP contribution in [0.3, 0.4) is 0 Å². The second-order valence-corrected chi connectivity index (χ2v) is 7.63. The van der Waals surface area contributed by atoms with Gasteiger partial charge in [0.2, 0.25) is 0 Å². The molecular formula is C20H32N2O2. The van der Waals surface area contributed by atoms with E-state index in [1.54, 1.807) is 0 Å². The quantitative estimate of drug-likeness (QED) is 0.869. The van der Waals surface area contributed by atoms with Gasteiger partial charge < -0.3 is 15.1 Å². The van der Waals surface area contributed by atoms with E-state index in [1.165, 1.54) is 24.9 Å². The van der Waals surface area contributed by atoms with Gasteiger partial charge in [0.1, 0.15) is 0 Å². The molecule has 0 amide bonds. The van der Waals surface area contributed by atoms with E-state index in [1.807, 2.05) is 19.1 Å². The third kappa shape index (κ3) is 4.79. The number of piperidine rings is 2. The van der Waals surface area contributed by atoms with Gasteiger partial charge in [-0.1, -0.05) is 24.3 Å². The molecule has 0 aromatic heterocycles. The van der Waals surface area contributed by atoms with Crippen molar-refractivity contribution in [1.82, 2.24) is 9.80 Å². The van der Waals surface area contributed by atoms with E-state index in [-0.39, 0.29) is 6.10 Å². The number of hydrogen-bond acceptors (Lipinski definition) is 4. The fourth-order valence-electron chi connectivity index (χ4n) is 4.12. The molecule has 2 heterocycles. The van der Waals surface area contributed by atoms with Gasteiger partial charge in [-0.2, -0.15) is 0 Å². The highest BCUT2D eigenvalue weighted by atomic mass is 16.3. The van der Waals surface area contributed by atoms with E-state index < -0.39 is 6.10 Å². The van der Waals surface area contributed by atoms with Crippen molar-refractivity contribution in [2.75, 3.05) is 32.7 Å². The van der Waals surface area contributed by atoms with Crippen LogP contribution in [0, 0.1) is 5.92 Å². The molecule has 1 atom stereocenters. The minimum absolute atomic E-state index is 0.0721. The molecule has 0 radical (unpaired) electrons. The number of rotatable bonds is 5. The summed E-state index contributed by atoms with van der Waals surface area (Å²) in [4.78, 5) is 5.06. The molecule has 2 fully saturated rings.